The molecule has 0 aliphatic rings. The van der Waals surface area contributed by atoms with E-state index in [0.717, 1.165) is 12.1 Å². The molecule has 3 nitrogen and oxygen atoms in total. The molecule has 0 aromatic heterocycles. The topological polar surface area (TPSA) is 45.4 Å². The summed E-state index contributed by atoms with van der Waals surface area (Å²) in [4.78, 5) is 4.94. The molecule has 20 heavy (non-hydrogen) atoms. The predicted octanol–water partition coefficient (Wildman–Crippen LogP) is 3.39. The van der Waals surface area contributed by atoms with Gasteiger partial charge < -0.3 is 4.84 Å². The summed E-state index contributed by atoms with van der Waals surface area (Å²) in [5, 5.41) is 12.4. The average Bonchev–Trinajstić information content (AvgIpc) is 2.45. The van der Waals surface area contributed by atoms with E-state index >= 15 is 0 Å². The summed E-state index contributed by atoms with van der Waals surface area (Å²) >= 11 is 0. The van der Waals surface area contributed by atoms with Gasteiger partial charge in [0.2, 0.25) is 0 Å². The molecule has 0 saturated carbocycles. The van der Waals surface area contributed by atoms with E-state index in [2.05, 4.69) is 5.16 Å². The number of benzene rings is 2. The van der Waals surface area contributed by atoms with Gasteiger partial charge in [-0.05, 0) is 29.8 Å². The second kappa shape index (κ2) is 6.43. The number of hydrogen-bond donors (Lipinski definition) is 0. The van der Waals surface area contributed by atoms with Crippen LogP contribution in [0.3, 0.4) is 0 Å². The van der Waals surface area contributed by atoms with Crippen molar-refractivity contribution in [3.05, 3.63) is 70.8 Å². The van der Waals surface area contributed by atoms with Gasteiger partial charge in [-0.3, -0.25) is 0 Å². The lowest BCUT2D eigenvalue weighted by Gasteiger charge is -2.01. The van der Waals surface area contributed by atoms with Crippen LogP contribution in [0, 0.1) is 23.0 Å². The quantitative estimate of drug-likeness (QED) is 0.632. The molecule has 0 spiro atoms. The molecular weight excluding hydrogens is 262 g/mol. The number of oxime groups is 1. The molecule has 0 radical (unpaired) electrons. The van der Waals surface area contributed by atoms with Crippen LogP contribution < -0.4 is 0 Å². The number of nitriles is 1. The van der Waals surface area contributed by atoms with Crippen LogP contribution in [-0.2, 0) is 11.4 Å². The van der Waals surface area contributed by atoms with Gasteiger partial charge in [0.05, 0.1) is 17.8 Å². The van der Waals surface area contributed by atoms with Gasteiger partial charge in [-0.25, -0.2) is 8.78 Å². The van der Waals surface area contributed by atoms with Crippen molar-refractivity contribution >= 4 is 6.21 Å². The minimum atomic E-state index is -0.674. The minimum Gasteiger partial charge on any atom is -0.391 e. The fraction of sp³-hybridized carbons (Fsp3) is 0.0667. The molecule has 0 aliphatic carbocycles. The Morgan fingerprint density at radius 1 is 1.20 bits per heavy atom. The van der Waals surface area contributed by atoms with Gasteiger partial charge in [-0.15, -0.1) is 0 Å². The zero-order chi connectivity index (χ0) is 14.4. The fourth-order valence-electron chi connectivity index (χ4n) is 1.53. The van der Waals surface area contributed by atoms with Gasteiger partial charge in [0.1, 0.15) is 18.2 Å². The molecule has 100 valence electrons. The van der Waals surface area contributed by atoms with E-state index < -0.39 is 11.6 Å². The fourth-order valence-corrected chi connectivity index (χ4v) is 1.53. The Bertz CT molecular complexity index is 678. The van der Waals surface area contributed by atoms with E-state index in [-0.39, 0.29) is 12.2 Å². The first kappa shape index (κ1) is 13.7. The van der Waals surface area contributed by atoms with Gasteiger partial charge in [0.15, 0.2) is 0 Å². The molecule has 2 rings (SSSR count). The lowest BCUT2D eigenvalue weighted by Crippen LogP contribution is -1.93. The molecular formula is C15H10F2N2O. The first-order chi connectivity index (χ1) is 9.69. The van der Waals surface area contributed by atoms with Gasteiger partial charge in [0.25, 0.3) is 0 Å². The normalized spacial score (nSPS) is 10.4. The first-order valence-corrected chi connectivity index (χ1v) is 5.78. The smallest absolute Gasteiger partial charge is 0.145 e. The zero-order valence-electron chi connectivity index (χ0n) is 10.4. The Morgan fingerprint density at radius 2 is 2.05 bits per heavy atom. The number of rotatable bonds is 4. The SMILES string of the molecule is N#Cc1cccc(C=NOCc2ccc(F)cc2F)c1. The third-order valence-electron chi connectivity index (χ3n) is 2.53. The molecule has 2 aromatic carbocycles. The number of halogens is 2. The highest BCUT2D eigenvalue weighted by atomic mass is 19.1. The van der Waals surface area contributed by atoms with Crippen molar-refractivity contribution in [1.29, 1.82) is 5.26 Å². The molecule has 0 heterocycles. The molecule has 0 unspecified atom stereocenters. The molecule has 0 atom stereocenters. The molecule has 0 fully saturated rings. The van der Waals surface area contributed by atoms with Crippen LogP contribution >= 0.6 is 0 Å². The second-order valence-corrected chi connectivity index (χ2v) is 3.98. The van der Waals surface area contributed by atoms with Gasteiger partial charge in [0, 0.05) is 11.6 Å². The highest BCUT2D eigenvalue weighted by Crippen LogP contribution is 2.10. The van der Waals surface area contributed by atoms with Crippen molar-refractivity contribution in [3.8, 4) is 6.07 Å². The summed E-state index contributed by atoms with van der Waals surface area (Å²) in [5.41, 5.74) is 1.43. The van der Waals surface area contributed by atoms with Crippen molar-refractivity contribution in [2.75, 3.05) is 0 Å². The third-order valence-corrected chi connectivity index (χ3v) is 2.53. The van der Waals surface area contributed by atoms with E-state index in [0.29, 0.717) is 11.1 Å². The van der Waals surface area contributed by atoms with Gasteiger partial charge >= 0.3 is 0 Å². The van der Waals surface area contributed by atoms with Crippen LogP contribution in [0.1, 0.15) is 16.7 Å². The minimum absolute atomic E-state index is 0.0967. The van der Waals surface area contributed by atoms with Crippen molar-refractivity contribution in [2.24, 2.45) is 5.16 Å². The standard InChI is InChI=1S/C15H10F2N2O/c16-14-5-4-13(15(17)7-14)10-20-19-9-12-3-1-2-11(6-12)8-18/h1-7,9H,10H2. The van der Waals surface area contributed by atoms with Crippen LogP contribution in [-0.4, -0.2) is 6.21 Å². The molecule has 0 saturated heterocycles. The van der Waals surface area contributed by atoms with Crippen molar-refractivity contribution in [2.45, 2.75) is 6.61 Å². The second-order valence-electron chi connectivity index (χ2n) is 3.98. The molecule has 2 aromatic rings. The Hall–Kier alpha value is -2.74. The monoisotopic (exact) mass is 272 g/mol. The molecule has 0 aliphatic heterocycles. The lowest BCUT2D eigenvalue weighted by atomic mass is 10.1. The van der Waals surface area contributed by atoms with Crippen LogP contribution in [0.25, 0.3) is 0 Å². The highest BCUT2D eigenvalue weighted by molar-refractivity contribution is 5.79. The van der Waals surface area contributed by atoms with E-state index in [1.54, 1.807) is 24.3 Å². The Balaban J connectivity index is 1.95. The Morgan fingerprint density at radius 3 is 2.80 bits per heavy atom. The van der Waals surface area contributed by atoms with Crippen LogP contribution in [0.15, 0.2) is 47.6 Å². The maximum atomic E-state index is 13.3. The Kier molecular flexibility index (Phi) is 4.40. The van der Waals surface area contributed by atoms with Crippen LogP contribution in [0.2, 0.25) is 0 Å². The first-order valence-electron chi connectivity index (χ1n) is 5.78. The maximum absolute atomic E-state index is 13.3. The van der Waals surface area contributed by atoms with Crippen molar-refractivity contribution in [3.63, 3.8) is 0 Å². The molecule has 0 N–H and O–H groups in total. The summed E-state index contributed by atoms with van der Waals surface area (Å²) in [6.07, 6.45) is 1.42. The summed E-state index contributed by atoms with van der Waals surface area (Å²) < 4.78 is 26.0. The Labute approximate surface area is 114 Å². The summed E-state index contributed by atoms with van der Waals surface area (Å²) in [6, 6.07) is 12.1. The van der Waals surface area contributed by atoms with E-state index in [4.69, 9.17) is 10.1 Å². The molecule has 0 amide bonds. The lowest BCUT2D eigenvalue weighted by molar-refractivity contribution is 0.129. The summed E-state index contributed by atoms with van der Waals surface area (Å²) in [5.74, 6) is -1.31. The summed E-state index contributed by atoms with van der Waals surface area (Å²) in [7, 11) is 0. The molecule has 0 bridgehead atoms. The number of hydrogen-bond acceptors (Lipinski definition) is 3. The van der Waals surface area contributed by atoms with Gasteiger partial charge in [-0.2, -0.15) is 5.26 Å². The van der Waals surface area contributed by atoms with Crippen LogP contribution in [0.4, 0.5) is 8.78 Å². The van der Waals surface area contributed by atoms with Crippen molar-refractivity contribution < 1.29 is 13.6 Å². The zero-order valence-corrected chi connectivity index (χ0v) is 10.4. The third kappa shape index (κ3) is 3.62. The largest absolute Gasteiger partial charge is 0.391 e. The van der Waals surface area contributed by atoms with E-state index in [1.807, 2.05) is 6.07 Å². The summed E-state index contributed by atoms with van der Waals surface area (Å²) in [6.45, 7) is -0.0967. The molecule has 5 heteroatoms. The highest BCUT2D eigenvalue weighted by Gasteiger charge is 2.03. The maximum Gasteiger partial charge on any atom is 0.145 e. The van der Waals surface area contributed by atoms with E-state index in [9.17, 15) is 8.78 Å². The van der Waals surface area contributed by atoms with Crippen molar-refractivity contribution in [1.82, 2.24) is 0 Å². The average molecular weight is 272 g/mol. The van der Waals surface area contributed by atoms with Crippen LogP contribution in [0.5, 0.6) is 0 Å². The number of nitrogens with zero attached hydrogens (tertiary/aromatic N) is 2. The predicted molar refractivity (Wildman–Crippen MR) is 69.9 cm³/mol. The van der Waals surface area contributed by atoms with E-state index in [1.165, 1.54) is 12.3 Å². The van der Waals surface area contributed by atoms with Gasteiger partial charge in [-0.1, -0.05) is 17.3 Å².